The first-order valence-electron chi connectivity index (χ1n) is 11.3. The van der Waals surface area contributed by atoms with E-state index in [1.54, 1.807) is 29.2 Å². The summed E-state index contributed by atoms with van der Waals surface area (Å²) in [7, 11) is -3.54. The first kappa shape index (κ1) is 23.7. The molecular formula is C23H35N3O4S. The van der Waals surface area contributed by atoms with Crippen LogP contribution < -0.4 is 5.32 Å². The Labute approximate surface area is 186 Å². The van der Waals surface area contributed by atoms with Crippen molar-refractivity contribution in [3.8, 4) is 0 Å². The molecule has 1 atom stereocenters. The van der Waals surface area contributed by atoms with Gasteiger partial charge >= 0.3 is 0 Å². The number of sulfonamides is 1. The summed E-state index contributed by atoms with van der Waals surface area (Å²) in [6.07, 6.45) is 3.42. The van der Waals surface area contributed by atoms with Gasteiger partial charge in [0.05, 0.1) is 4.90 Å². The van der Waals surface area contributed by atoms with Gasteiger partial charge in [0, 0.05) is 32.1 Å². The Kier molecular flexibility index (Phi) is 7.75. The number of aryl methyl sites for hydroxylation is 1. The minimum absolute atomic E-state index is 0.00565. The van der Waals surface area contributed by atoms with Gasteiger partial charge < -0.3 is 10.2 Å². The van der Waals surface area contributed by atoms with Crippen molar-refractivity contribution < 1.29 is 18.0 Å². The zero-order valence-corrected chi connectivity index (χ0v) is 19.7. The minimum Gasteiger partial charge on any atom is -0.354 e. The summed E-state index contributed by atoms with van der Waals surface area (Å²) in [5, 5.41) is 2.97. The highest BCUT2D eigenvalue weighted by Gasteiger charge is 2.39. The van der Waals surface area contributed by atoms with Crippen LogP contribution in [0.1, 0.15) is 51.5 Å². The number of likely N-dealkylation sites (tertiary alicyclic amines) is 1. The molecule has 0 saturated carbocycles. The number of nitrogens with zero attached hydrogens (tertiary/aromatic N) is 2. The van der Waals surface area contributed by atoms with E-state index in [4.69, 9.17) is 0 Å². The van der Waals surface area contributed by atoms with E-state index in [2.05, 4.69) is 19.2 Å². The second kappa shape index (κ2) is 10.1. The molecule has 2 heterocycles. The molecule has 2 fully saturated rings. The van der Waals surface area contributed by atoms with Crippen LogP contribution in [0.2, 0.25) is 0 Å². The number of piperidine rings is 1. The average Bonchev–Trinajstić information content (AvgIpc) is 3.23. The molecule has 1 aromatic carbocycles. The Morgan fingerprint density at radius 2 is 1.71 bits per heavy atom. The predicted octanol–water partition coefficient (Wildman–Crippen LogP) is 2.55. The number of carbonyl (C=O) groups excluding carboxylic acids is 2. The van der Waals surface area contributed by atoms with Gasteiger partial charge in [0.25, 0.3) is 0 Å². The molecular weight excluding hydrogens is 414 g/mol. The van der Waals surface area contributed by atoms with Crippen molar-refractivity contribution in [3.63, 3.8) is 0 Å². The van der Waals surface area contributed by atoms with Gasteiger partial charge in [0.15, 0.2) is 0 Å². The van der Waals surface area contributed by atoms with Crippen LogP contribution in [-0.4, -0.2) is 61.7 Å². The standard InChI is InChI=1S/C23H35N3O4S/c1-17(2)10-13-24-22(27)21-5-4-14-26(21)23(28)19-11-15-25(16-12-19)31(29,30)20-8-6-18(3)7-9-20/h6-9,17,19,21H,4-5,10-16H2,1-3H3,(H,24,27). The maximum Gasteiger partial charge on any atom is 0.243 e. The molecule has 31 heavy (non-hydrogen) atoms. The van der Waals surface area contributed by atoms with E-state index in [9.17, 15) is 18.0 Å². The van der Waals surface area contributed by atoms with Crippen molar-refractivity contribution in [2.75, 3.05) is 26.2 Å². The lowest BCUT2D eigenvalue weighted by atomic mass is 9.96. The summed E-state index contributed by atoms with van der Waals surface area (Å²) in [5.41, 5.74) is 1.01. The van der Waals surface area contributed by atoms with Crippen LogP contribution in [0.5, 0.6) is 0 Å². The van der Waals surface area contributed by atoms with Crippen molar-refractivity contribution in [2.24, 2.45) is 11.8 Å². The fourth-order valence-corrected chi connectivity index (χ4v) is 5.81. The summed E-state index contributed by atoms with van der Waals surface area (Å²) >= 11 is 0. The van der Waals surface area contributed by atoms with Crippen molar-refractivity contribution in [1.82, 2.24) is 14.5 Å². The quantitative estimate of drug-likeness (QED) is 0.693. The fraction of sp³-hybridized carbons (Fsp3) is 0.652. The lowest BCUT2D eigenvalue weighted by Gasteiger charge is -2.34. The predicted molar refractivity (Wildman–Crippen MR) is 120 cm³/mol. The van der Waals surface area contributed by atoms with E-state index >= 15 is 0 Å². The largest absolute Gasteiger partial charge is 0.354 e. The second-order valence-corrected chi connectivity index (χ2v) is 11.1. The molecule has 0 aliphatic carbocycles. The van der Waals surface area contributed by atoms with Gasteiger partial charge in [-0.2, -0.15) is 4.31 Å². The molecule has 2 saturated heterocycles. The van der Waals surface area contributed by atoms with E-state index in [-0.39, 0.29) is 17.7 Å². The van der Waals surface area contributed by atoms with Gasteiger partial charge in [-0.1, -0.05) is 31.5 Å². The topological polar surface area (TPSA) is 86.8 Å². The van der Waals surface area contributed by atoms with E-state index in [0.29, 0.717) is 56.3 Å². The van der Waals surface area contributed by atoms with E-state index in [0.717, 1.165) is 18.4 Å². The number of carbonyl (C=O) groups is 2. The van der Waals surface area contributed by atoms with Crippen molar-refractivity contribution >= 4 is 21.8 Å². The number of hydrogen-bond acceptors (Lipinski definition) is 4. The smallest absolute Gasteiger partial charge is 0.243 e. The number of nitrogens with one attached hydrogen (secondary N) is 1. The number of amides is 2. The lowest BCUT2D eigenvalue weighted by Crippen LogP contribution is -2.50. The van der Waals surface area contributed by atoms with Gasteiger partial charge in [-0.05, 0) is 57.1 Å². The summed E-state index contributed by atoms with van der Waals surface area (Å²) in [4.78, 5) is 27.7. The molecule has 2 aliphatic heterocycles. The number of rotatable bonds is 7. The van der Waals surface area contributed by atoms with Crippen molar-refractivity contribution in [1.29, 1.82) is 0 Å². The molecule has 0 aromatic heterocycles. The molecule has 1 aromatic rings. The number of hydrogen-bond donors (Lipinski definition) is 1. The maximum absolute atomic E-state index is 13.1. The fourth-order valence-electron chi connectivity index (χ4n) is 4.34. The SMILES string of the molecule is Cc1ccc(S(=O)(=O)N2CCC(C(=O)N3CCCC3C(=O)NCCC(C)C)CC2)cc1. The van der Waals surface area contributed by atoms with Crippen LogP contribution in [-0.2, 0) is 19.6 Å². The molecule has 7 nitrogen and oxygen atoms in total. The van der Waals surface area contributed by atoms with E-state index < -0.39 is 16.1 Å². The molecule has 0 spiro atoms. The second-order valence-electron chi connectivity index (χ2n) is 9.15. The molecule has 0 bridgehead atoms. The monoisotopic (exact) mass is 449 g/mol. The van der Waals surface area contributed by atoms with Crippen LogP contribution >= 0.6 is 0 Å². The molecule has 1 N–H and O–H groups in total. The van der Waals surface area contributed by atoms with Crippen molar-refractivity contribution in [3.05, 3.63) is 29.8 Å². The Morgan fingerprint density at radius 1 is 1.06 bits per heavy atom. The first-order valence-corrected chi connectivity index (χ1v) is 12.8. The summed E-state index contributed by atoms with van der Waals surface area (Å²) in [5.74, 6) is 0.219. The summed E-state index contributed by atoms with van der Waals surface area (Å²) in [6, 6.07) is 6.46. The average molecular weight is 450 g/mol. The van der Waals surface area contributed by atoms with E-state index in [1.807, 2.05) is 6.92 Å². The molecule has 0 radical (unpaired) electrons. The summed E-state index contributed by atoms with van der Waals surface area (Å²) < 4.78 is 27.3. The van der Waals surface area contributed by atoms with Crippen LogP contribution in [0, 0.1) is 18.8 Å². The number of benzene rings is 1. The Morgan fingerprint density at radius 3 is 2.32 bits per heavy atom. The molecule has 8 heteroatoms. The van der Waals surface area contributed by atoms with Gasteiger partial charge in [-0.25, -0.2) is 8.42 Å². The molecule has 1 unspecified atom stereocenters. The third kappa shape index (κ3) is 5.66. The van der Waals surface area contributed by atoms with Crippen LogP contribution in [0.15, 0.2) is 29.2 Å². The normalized spacial score (nSPS) is 20.9. The van der Waals surface area contributed by atoms with Gasteiger partial charge in [-0.3, -0.25) is 9.59 Å². The Hall–Kier alpha value is -1.93. The van der Waals surface area contributed by atoms with Gasteiger partial charge in [0.1, 0.15) is 6.04 Å². The molecule has 172 valence electrons. The van der Waals surface area contributed by atoms with E-state index in [1.165, 1.54) is 4.31 Å². The molecule has 2 aliphatic rings. The van der Waals surface area contributed by atoms with Gasteiger partial charge in [-0.15, -0.1) is 0 Å². The molecule has 2 amide bonds. The highest BCUT2D eigenvalue weighted by Crippen LogP contribution is 2.28. The third-order valence-electron chi connectivity index (χ3n) is 6.32. The van der Waals surface area contributed by atoms with Crippen molar-refractivity contribution in [2.45, 2.75) is 63.8 Å². The Balaban J connectivity index is 1.57. The minimum atomic E-state index is -3.54. The highest BCUT2D eigenvalue weighted by molar-refractivity contribution is 7.89. The van der Waals surface area contributed by atoms with Crippen LogP contribution in [0.4, 0.5) is 0 Å². The zero-order valence-electron chi connectivity index (χ0n) is 18.8. The summed E-state index contributed by atoms with van der Waals surface area (Å²) in [6.45, 7) is 8.03. The van der Waals surface area contributed by atoms with Gasteiger partial charge in [0.2, 0.25) is 21.8 Å². The van der Waals surface area contributed by atoms with Crippen LogP contribution in [0.25, 0.3) is 0 Å². The first-order chi connectivity index (χ1) is 14.7. The Bertz CT molecular complexity index is 875. The van der Waals surface area contributed by atoms with Crippen LogP contribution in [0.3, 0.4) is 0 Å². The zero-order chi connectivity index (χ0) is 22.6. The highest BCUT2D eigenvalue weighted by atomic mass is 32.2. The molecule has 3 rings (SSSR count). The maximum atomic E-state index is 13.1. The lowest BCUT2D eigenvalue weighted by molar-refractivity contribution is -0.142. The third-order valence-corrected chi connectivity index (χ3v) is 8.23.